The van der Waals surface area contributed by atoms with Crippen LogP contribution in [-0.2, 0) is 9.53 Å². The fraction of sp³-hybridized carbons (Fsp3) is 0.903. The average Bonchev–Trinajstić information content (AvgIpc) is 3.31. The minimum Gasteiger partial charge on any atom is -0.465 e. The molecule has 0 aliphatic heterocycles. The zero-order chi connectivity index (χ0) is 26.7. The molecule has 208 valence electrons. The number of fused-ring (bicyclic) bond motifs is 7. The summed E-state index contributed by atoms with van der Waals surface area (Å²) >= 11 is 0. The summed E-state index contributed by atoms with van der Waals surface area (Å²) in [6.45, 7) is 13.1. The van der Waals surface area contributed by atoms with Gasteiger partial charge in [0.25, 0.3) is 0 Å². The maximum absolute atomic E-state index is 11.6. The lowest BCUT2D eigenvalue weighted by Crippen LogP contribution is -2.61. The lowest BCUT2D eigenvalue weighted by Gasteiger charge is -2.67. The maximum Gasteiger partial charge on any atom is 0.302 e. The molecule has 0 radical (unpaired) electrons. The monoisotopic (exact) mass is 506 g/mol. The Morgan fingerprint density at radius 1 is 0.944 bits per heavy atom. The number of rotatable bonds is 3. The summed E-state index contributed by atoms with van der Waals surface area (Å²) in [6, 6.07) is 0. The van der Waals surface area contributed by atoms with E-state index in [0.717, 1.165) is 37.2 Å². The van der Waals surface area contributed by atoms with Crippen molar-refractivity contribution in [2.24, 2.45) is 51.8 Å². The zero-order valence-corrected chi connectivity index (χ0v) is 23.7. The lowest BCUT2D eigenvalue weighted by atomic mass is 9.37. The quantitative estimate of drug-likeness (QED) is 0.335. The predicted molar refractivity (Wildman–Crippen MR) is 144 cm³/mol. The average molecular weight is 507 g/mol. The SMILES string of the molecule is C=CCO.CC(=O)OCC12CCCC1C1CCC3C4(C)CCC(O)C(C)C4CCC3(C)C1CC2.CO. The van der Waals surface area contributed by atoms with Gasteiger partial charge in [-0.15, -0.1) is 6.58 Å². The molecule has 5 rings (SSSR count). The van der Waals surface area contributed by atoms with E-state index in [1.54, 1.807) is 6.92 Å². The number of ether oxygens (including phenoxy) is 1. The predicted octanol–water partition coefficient (Wildman–Crippen LogP) is 5.76. The Balaban J connectivity index is 0.000000550. The Kier molecular flexibility index (Phi) is 9.77. The van der Waals surface area contributed by atoms with Crippen molar-refractivity contribution >= 4 is 5.97 Å². The van der Waals surface area contributed by atoms with Crippen LogP contribution in [0.15, 0.2) is 12.7 Å². The molecule has 0 aromatic heterocycles. The summed E-state index contributed by atoms with van der Waals surface area (Å²) in [7, 11) is 1.00. The number of carbonyl (C=O) groups is 1. The fourth-order valence-corrected chi connectivity index (χ4v) is 10.5. The molecule has 0 spiro atoms. The van der Waals surface area contributed by atoms with Gasteiger partial charge < -0.3 is 20.1 Å². The number of esters is 1. The first kappa shape index (κ1) is 29.6. The lowest BCUT2D eigenvalue weighted by molar-refractivity contribution is -0.198. The van der Waals surface area contributed by atoms with Gasteiger partial charge in [0.05, 0.1) is 19.3 Å². The molecule has 5 nitrogen and oxygen atoms in total. The Labute approximate surface area is 220 Å². The summed E-state index contributed by atoms with van der Waals surface area (Å²) in [5, 5.41) is 25.3. The first-order chi connectivity index (χ1) is 17.1. The highest BCUT2D eigenvalue weighted by Crippen LogP contribution is 2.71. The van der Waals surface area contributed by atoms with E-state index in [4.69, 9.17) is 14.9 Å². The molecule has 5 aliphatic carbocycles. The van der Waals surface area contributed by atoms with Gasteiger partial charge >= 0.3 is 5.97 Å². The molecule has 5 heteroatoms. The molecule has 5 saturated carbocycles. The minimum atomic E-state index is -0.104. The van der Waals surface area contributed by atoms with Gasteiger partial charge in [-0.3, -0.25) is 4.79 Å². The highest BCUT2D eigenvalue weighted by Gasteiger charge is 2.64. The van der Waals surface area contributed by atoms with Crippen LogP contribution in [0.2, 0.25) is 0 Å². The number of aliphatic hydroxyl groups is 3. The van der Waals surface area contributed by atoms with Gasteiger partial charge in [-0.05, 0) is 111 Å². The summed E-state index contributed by atoms with van der Waals surface area (Å²) in [5.74, 6) is 4.34. The number of aliphatic hydroxyl groups excluding tert-OH is 3. The van der Waals surface area contributed by atoms with Crippen molar-refractivity contribution in [2.75, 3.05) is 20.3 Å². The molecule has 0 amide bonds. The molecule has 0 heterocycles. The van der Waals surface area contributed by atoms with Gasteiger partial charge in [0, 0.05) is 19.4 Å². The second-order valence-electron chi connectivity index (χ2n) is 13.2. The van der Waals surface area contributed by atoms with Crippen LogP contribution in [0.3, 0.4) is 0 Å². The van der Waals surface area contributed by atoms with Gasteiger partial charge in [0.2, 0.25) is 0 Å². The van der Waals surface area contributed by atoms with Crippen molar-refractivity contribution in [1.82, 2.24) is 0 Å². The van der Waals surface area contributed by atoms with Crippen molar-refractivity contribution < 1.29 is 24.9 Å². The van der Waals surface area contributed by atoms with Crippen molar-refractivity contribution in [1.29, 1.82) is 0 Å². The van der Waals surface area contributed by atoms with Crippen LogP contribution in [0, 0.1) is 51.8 Å². The molecule has 0 aromatic rings. The van der Waals surface area contributed by atoms with Crippen molar-refractivity contribution in [3.8, 4) is 0 Å². The van der Waals surface area contributed by atoms with Crippen LogP contribution in [0.1, 0.15) is 98.3 Å². The van der Waals surface area contributed by atoms with Crippen LogP contribution < -0.4 is 0 Å². The highest BCUT2D eigenvalue weighted by molar-refractivity contribution is 5.65. The Hall–Kier alpha value is -0.910. The van der Waals surface area contributed by atoms with Crippen LogP contribution in [0.5, 0.6) is 0 Å². The minimum absolute atomic E-state index is 0.0833. The first-order valence-electron chi connectivity index (χ1n) is 14.6. The Bertz CT molecular complexity index is 753. The summed E-state index contributed by atoms with van der Waals surface area (Å²) in [6.07, 6.45) is 15.6. The number of hydrogen-bond donors (Lipinski definition) is 3. The molecular weight excluding hydrogens is 452 g/mol. The topological polar surface area (TPSA) is 87.0 Å². The van der Waals surface area contributed by atoms with Crippen LogP contribution in [0.4, 0.5) is 0 Å². The highest BCUT2D eigenvalue weighted by atomic mass is 16.5. The fourth-order valence-electron chi connectivity index (χ4n) is 10.5. The van der Waals surface area contributed by atoms with E-state index < -0.39 is 0 Å². The third-order valence-corrected chi connectivity index (χ3v) is 11.9. The van der Waals surface area contributed by atoms with Gasteiger partial charge in [0.15, 0.2) is 0 Å². The number of hydrogen-bond acceptors (Lipinski definition) is 5. The summed E-state index contributed by atoms with van der Waals surface area (Å²) in [5.41, 5.74) is 1.16. The van der Waals surface area contributed by atoms with E-state index in [2.05, 4.69) is 27.4 Å². The standard InChI is InChI=1S/C27H44O3.C3H6O.CH4O/c1-17-20-9-13-26(4)21-10-15-27(16-30-18(2)28)12-5-6-22(27)19(21)7-8-24(26)25(20,3)14-11-23(17)29;1-2-3-4;1-2/h17,19-24,29H,5-16H2,1-4H3;2,4H,1,3H2;2H,1H3. The molecule has 0 aromatic carbocycles. The van der Waals surface area contributed by atoms with Crippen LogP contribution >= 0.6 is 0 Å². The van der Waals surface area contributed by atoms with Gasteiger partial charge in [-0.2, -0.15) is 0 Å². The Morgan fingerprint density at radius 3 is 2.19 bits per heavy atom. The molecule has 10 atom stereocenters. The molecule has 5 fully saturated rings. The van der Waals surface area contributed by atoms with Crippen LogP contribution in [-0.4, -0.2) is 47.7 Å². The van der Waals surface area contributed by atoms with Gasteiger partial charge in [-0.25, -0.2) is 0 Å². The zero-order valence-electron chi connectivity index (χ0n) is 23.7. The van der Waals surface area contributed by atoms with Gasteiger partial charge in [-0.1, -0.05) is 33.3 Å². The second kappa shape index (κ2) is 11.9. The third-order valence-electron chi connectivity index (χ3n) is 11.9. The van der Waals surface area contributed by atoms with Crippen molar-refractivity contribution in [3.05, 3.63) is 12.7 Å². The van der Waals surface area contributed by atoms with E-state index in [9.17, 15) is 9.90 Å². The molecule has 36 heavy (non-hydrogen) atoms. The van der Waals surface area contributed by atoms with Gasteiger partial charge in [0.1, 0.15) is 0 Å². The maximum atomic E-state index is 11.6. The molecule has 10 unspecified atom stereocenters. The van der Waals surface area contributed by atoms with E-state index in [1.165, 1.54) is 70.3 Å². The molecule has 0 saturated heterocycles. The third kappa shape index (κ3) is 5.06. The van der Waals surface area contributed by atoms with Crippen LogP contribution in [0.25, 0.3) is 0 Å². The normalized spacial score (nSPS) is 46.7. The van der Waals surface area contributed by atoms with Crippen molar-refractivity contribution in [2.45, 2.75) is 104 Å². The van der Waals surface area contributed by atoms with E-state index in [-0.39, 0.29) is 24.1 Å². The smallest absolute Gasteiger partial charge is 0.302 e. The molecule has 3 N–H and O–H groups in total. The number of carbonyl (C=O) groups excluding carboxylic acids is 1. The van der Waals surface area contributed by atoms with E-state index >= 15 is 0 Å². The summed E-state index contributed by atoms with van der Waals surface area (Å²) in [4.78, 5) is 11.6. The molecular formula is C31H54O5. The largest absolute Gasteiger partial charge is 0.465 e. The second-order valence-corrected chi connectivity index (χ2v) is 13.2. The first-order valence-corrected chi connectivity index (χ1v) is 14.6. The molecule has 0 bridgehead atoms. The Morgan fingerprint density at radius 2 is 1.56 bits per heavy atom. The summed E-state index contributed by atoms with van der Waals surface area (Å²) < 4.78 is 5.64. The molecule has 5 aliphatic rings. The van der Waals surface area contributed by atoms with Crippen molar-refractivity contribution in [3.63, 3.8) is 0 Å². The van der Waals surface area contributed by atoms with E-state index in [0.29, 0.717) is 29.3 Å². The van der Waals surface area contributed by atoms with E-state index in [1.807, 2.05) is 0 Å².